The van der Waals surface area contributed by atoms with E-state index in [0.717, 1.165) is 30.4 Å². The fraction of sp³-hybridized carbons (Fsp3) is 0.385. The van der Waals surface area contributed by atoms with Crippen molar-refractivity contribution < 1.29 is 23.9 Å². The molecule has 0 aromatic heterocycles. The van der Waals surface area contributed by atoms with Crippen LogP contribution in [0.1, 0.15) is 51.1 Å². The van der Waals surface area contributed by atoms with Crippen LogP contribution in [0.25, 0.3) is 0 Å². The van der Waals surface area contributed by atoms with E-state index in [9.17, 15) is 19.2 Å². The number of benzene rings is 2. The summed E-state index contributed by atoms with van der Waals surface area (Å²) in [6.07, 6.45) is 2.93. The Labute approximate surface area is 186 Å². The molecule has 1 saturated heterocycles. The minimum Gasteiger partial charge on any atom is -0.454 e. The number of nitrogens with zero attached hydrogens (tertiary/aromatic N) is 1. The number of esters is 1. The lowest BCUT2D eigenvalue weighted by Crippen LogP contribution is -2.34. The second-order valence-corrected chi connectivity index (χ2v) is 9.21. The van der Waals surface area contributed by atoms with E-state index in [2.05, 4.69) is 0 Å². The number of rotatable bonds is 5. The minimum atomic E-state index is -0.724. The van der Waals surface area contributed by atoms with Gasteiger partial charge < -0.3 is 4.74 Å². The van der Waals surface area contributed by atoms with E-state index in [0.29, 0.717) is 5.56 Å². The number of hydrogen-bond donors (Lipinski definition) is 0. The highest BCUT2D eigenvalue weighted by atomic mass is 16.5. The number of aryl methyl sites for hydroxylation is 2. The van der Waals surface area contributed by atoms with Crippen molar-refractivity contribution >= 4 is 29.3 Å². The molecule has 4 atom stereocenters. The van der Waals surface area contributed by atoms with E-state index in [1.807, 2.05) is 19.9 Å². The molecule has 1 aliphatic heterocycles. The van der Waals surface area contributed by atoms with E-state index in [4.69, 9.17) is 4.74 Å². The average molecular weight is 431 g/mol. The van der Waals surface area contributed by atoms with Crippen LogP contribution < -0.4 is 4.90 Å². The monoisotopic (exact) mass is 431 g/mol. The van der Waals surface area contributed by atoms with Crippen molar-refractivity contribution in [2.24, 2.45) is 23.7 Å². The highest BCUT2D eigenvalue weighted by molar-refractivity contribution is 6.24. The van der Waals surface area contributed by atoms with Gasteiger partial charge in [-0.15, -0.1) is 0 Å². The van der Waals surface area contributed by atoms with Gasteiger partial charge >= 0.3 is 5.97 Å². The maximum absolute atomic E-state index is 13.2. The van der Waals surface area contributed by atoms with Crippen molar-refractivity contribution in [3.05, 3.63) is 64.7 Å². The van der Waals surface area contributed by atoms with Crippen molar-refractivity contribution in [1.82, 2.24) is 0 Å². The second kappa shape index (κ2) is 7.69. The largest absolute Gasteiger partial charge is 0.454 e. The third kappa shape index (κ3) is 3.17. The lowest BCUT2D eigenvalue weighted by Gasteiger charge is -2.19. The second-order valence-electron chi connectivity index (χ2n) is 9.21. The van der Waals surface area contributed by atoms with Gasteiger partial charge in [0.25, 0.3) is 0 Å². The van der Waals surface area contributed by atoms with E-state index in [1.165, 1.54) is 11.0 Å². The van der Waals surface area contributed by atoms with Crippen molar-refractivity contribution in [3.8, 4) is 0 Å². The topological polar surface area (TPSA) is 80.8 Å². The van der Waals surface area contributed by atoms with Gasteiger partial charge in [-0.2, -0.15) is 0 Å². The Morgan fingerprint density at radius 3 is 2.25 bits per heavy atom. The number of anilines is 1. The van der Waals surface area contributed by atoms with Crippen molar-refractivity contribution in [2.45, 2.75) is 33.1 Å². The summed E-state index contributed by atoms with van der Waals surface area (Å²) in [4.78, 5) is 52.9. The SMILES string of the molecule is Cc1ccc(C(=O)COC(=O)c2ccccc2N2C(=O)[C@H]3[C@@H]4CC[C@@H](C4)[C@@H]3C2=O)cc1C. The summed E-state index contributed by atoms with van der Waals surface area (Å²) in [5.41, 5.74) is 2.90. The molecule has 32 heavy (non-hydrogen) atoms. The van der Waals surface area contributed by atoms with E-state index >= 15 is 0 Å². The molecule has 0 spiro atoms. The predicted octanol–water partition coefficient (Wildman–Crippen LogP) is 3.88. The zero-order chi connectivity index (χ0) is 22.6. The van der Waals surface area contributed by atoms with Crippen LogP contribution in [0.5, 0.6) is 0 Å². The maximum Gasteiger partial charge on any atom is 0.340 e. The van der Waals surface area contributed by atoms with Crippen LogP contribution in [0.3, 0.4) is 0 Å². The molecule has 2 aliphatic carbocycles. The molecule has 164 valence electrons. The number of Topliss-reactive ketones (excluding diaryl/α,β-unsaturated/α-hetero) is 1. The first-order valence-electron chi connectivity index (χ1n) is 11.1. The molecular formula is C26H25NO5. The van der Waals surface area contributed by atoms with Gasteiger partial charge in [-0.25, -0.2) is 9.69 Å². The Kier molecular flexibility index (Phi) is 4.96. The molecule has 0 N–H and O–H groups in total. The molecule has 0 unspecified atom stereocenters. The minimum absolute atomic E-state index is 0.120. The summed E-state index contributed by atoms with van der Waals surface area (Å²) < 4.78 is 5.30. The number of hydrogen-bond acceptors (Lipinski definition) is 5. The number of para-hydroxylation sites is 1. The summed E-state index contributed by atoms with van der Waals surface area (Å²) in [6, 6.07) is 11.8. The predicted molar refractivity (Wildman–Crippen MR) is 117 cm³/mol. The van der Waals surface area contributed by atoms with E-state index in [-0.39, 0.29) is 52.5 Å². The van der Waals surface area contributed by atoms with Crippen molar-refractivity contribution in [2.75, 3.05) is 11.5 Å². The van der Waals surface area contributed by atoms with Gasteiger partial charge in [0.15, 0.2) is 12.4 Å². The highest BCUT2D eigenvalue weighted by Gasteiger charge is 2.61. The van der Waals surface area contributed by atoms with Gasteiger partial charge in [0.2, 0.25) is 11.8 Å². The Bertz CT molecular complexity index is 1120. The number of amides is 2. The molecule has 0 radical (unpaired) electrons. The summed E-state index contributed by atoms with van der Waals surface area (Å²) in [5.74, 6) is -1.45. The Hall–Kier alpha value is -3.28. The third-order valence-corrected chi connectivity index (χ3v) is 7.46. The highest BCUT2D eigenvalue weighted by Crippen LogP contribution is 2.56. The Morgan fingerprint density at radius 1 is 0.938 bits per heavy atom. The molecule has 5 rings (SSSR count). The van der Waals surface area contributed by atoms with Gasteiger partial charge in [-0.3, -0.25) is 14.4 Å². The normalized spacial score (nSPS) is 25.9. The summed E-state index contributed by atoms with van der Waals surface area (Å²) in [7, 11) is 0. The third-order valence-electron chi connectivity index (χ3n) is 7.46. The standard InChI is InChI=1S/C26H25NO5/c1-14-7-8-16(11-15(14)2)21(28)13-32-26(31)19-5-3-4-6-20(19)27-24(29)22-17-9-10-18(12-17)23(22)25(27)30/h3-8,11,17-18,22-23H,9-10,12-13H2,1-2H3/t17-,18+,22-,23-/m0/s1. The van der Waals surface area contributed by atoms with Crippen LogP contribution in [0.4, 0.5) is 5.69 Å². The quantitative estimate of drug-likeness (QED) is 0.408. The first-order chi connectivity index (χ1) is 15.4. The van der Waals surface area contributed by atoms with E-state index < -0.39 is 12.6 Å². The number of imide groups is 1. The molecule has 2 bridgehead atoms. The Morgan fingerprint density at radius 2 is 1.59 bits per heavy atom. The average Bonchev–Trinajstić information content (AvgIpc) is 3.47. The summed E-state index contributed by atoms with van der Waals surface area (Å²) in [5, 5.41) is 0. The first-order valence-corrected chi connectivity index (χ1v) is 11.1. The van der Waals surface area contributed by atoms with Gasteiger partial charge in [-0.05, 0) is 74.3 Å². The number of fused-ring (bicyclic) bond motifs is 5. The number of carbonyl (C=O) groups is 4. The summed E-state index contributed by atoms with van der Waals surface area (Å²) >= 11 is 0. The van der Waals surface area contributed by atoms with Crippen LogP contribution >= 0.6 is 0 Å². The maximum atomic E-state index is 13.2. The van der Waals surface area contributed by atoms with Gasteiger partial charge in [0.1, 0.15) is 0 Å². The van der Waals surface area contributed by atoms with Gasteiger partial charge in [-0.1, -0.05) is 24.3 Å². The van der Waals surface area contributed by atoms with Crippen LogP contribution in [0, 0.1) is 37.5 Å². The van der Waals surface area contributed by atoms with Gasteiger partial charge in [0, 0.05) is 5.56 Å². The van der Waals surface area contributed by atoms with Crippen LogP contribution in [0.15, 0.2) is 42.5 Å². The molecule has 6 nitrogen and oxygen atoms in total. The molecular weight excluding hydrogens is 406 g/mol. The van der Waals surface area contributed by atoms with Gasteiger partial charge in [0.05, 0.1) is 23.1 Å². The lowest BCUT2D eigenvalue weighted by molar-refractivity contribution is -0.123. The van der Waals surface area contributed by atoms with E-state index in [1.54, 1.807) is 30.3 Å². The van der Waals surface area contributed by atoms with Crippen LogP contribution in [-0.2, 0) is 14.3 Å². The molecule has 2 aromatic carbocycles. The Balaban J connectivity index is 1.35. The number of carbonyl (C=O) groups excluding carboxylic acids is 4. The first kappa shape index (κ1) is 20.6. The molecule has 3 fully saturated rings. The van der Waals surface area contributed by atoms with Crippen molar-refractivity contribution in [1.29, 1.82) is 0 Å². The van der Waals surface area contributed by atoms with Crippen LogP contribution in [0.2, 0.25) is 0 Å². The fourth-order valence-electron chi connectivity index (χ4n) is 5.69. The molecule has 6 heteroatoms. The number of ether oxygens (including phenoxy) is 1. The zero-order valence-electron chi connectivity index (χ0n) is 18.2. The van der Waals surface area contributed by atoms with Crippen LogP contribution in [-0.4, -0.2) is 30.2 Å². The molecule has 2 aromatic rings. The van der Waals surface area contributed by atoms with Crippen molar-refractivity contribution in [3.63, 3.8) is 0 Å². The molecule has 3 aliphatic rings. The summed E-state index contributed by atoms with van der Waals surface area (Å²) in [6.45, 7) is 3.47. The fourth-order valence-corrected chi connectivity index (χ4v) is 5.69. The lowest BCUT2D eigenvalue weighted by atomic mass is 9.81. The zero-order valence-corrected chi connectivity index (χ0v) is 18.2. The molecule has 2 saturated carbocycles. The number of ketones is 1. The smallest absolute Gasteiger partial charge is 0.340 e. The molecule has 1 heterocycles. The molecule has 2 amide bonds.